The molecule has 0 spiro atoms. The zero-order valence-corrected chi connectivity index (χ0v) is 14.3. The highest BCUT2D eigenvalue weighted by Gasteiger charge is 2.28. The Morgan fingerprint density at radius 3 is 3.00 bits per heavy atom. The lowest BCUT2D eigenvalue weighted by atomic mass is 10.0. The van der Waals surface area contributed by atoms with E-state index in [9.17, 15) is 9.18 Å². The number of carbonyl (C=O) groups is 1. The summed E-state index contributed by atoms with van der Waals surface area (Å²) in [7, 11) is 0. The second-order valence-electron chi connectivity index (χ2n) is 5.90. The highest BCUT2D eigenvalue weighted by atomic mass is 35.5. The van der Waals surface area contributed by atoms with Crippen molar-refractivity contribution in [3.63, 3.8) is 0 Å². The molecule has 2 heterocycles. The molecule has 1 aliphatic heterocycles. The number of anilines is 1. The SMILES string of the molecule is O=C1C[C@H](c2ccc(OCc3cccc(F)c3)c(Cl)c2)n2ncnc2N1. The molecule has 0 unspecified atom stereocenters. The van der Waals surface area contributed by atoms with Crippen molar-refractivity contribution in [2.45, 2.75) is 19.1 Å². The average Bonchev–Trinajstić information content (AvgIpc) is 3.08. The van der Waals surface area contributed by atoms with E-state index in [2.05, 4.69) is 15.4 Å². The van der Waals surface area contributed by atoms with Gasteiger partial charge in [-0.3, -0.25) is 10.1 Å². The van der Waals surface area contributed by atoms with Crippen LogP contribution in [0.25, 0.3) is 0 Å². The van der Waals surface area contributed by atoms with Gasteiger partial charge in [-0.2, -0.15) is 10.1 Å². The molecule has 1 N–H and O–H groups in total. The fourth-order valence-electron chi connectivity index (χ4n) is 2.89. The predicted molar refractivity (Wildman–Crippen MR) is 93.6 cm³/mol. The number of nitrogens with zero attached hydrogens (tertiary/aromatic N) is 3. The van der Waals surface area contributed by atoms with Crippen molar-refractivity contribution >= 4 is 23.5 Å². The maximum atomic E-state index is 13.2. The molecule has 1 amide bonds. The lowest BCUT2D eigenvalue weighted by Gasteiger charge is -2.24. The summed E-state index contributed by atoms with van der Waals surface area (Å²) < 4.78 is 20.6. The summed E-state index contributed by atoms with van der Waals surface area (Å²) in [5.41, 5.74) is 1.54. The van der Waals surface area contributed by atoms with Crippen molar-refractivity contribution in [3.05, 3.63) is 70.8 Å². The summed E-state index contributed by atoms with van der Waals surface area (Å²) in [6.45, 7) is 0.204. The van der Waals surface area contributed by atoms with Gasteiger partial charge in [0.1, 0.15) is 24.5 Å². The third-order valence-electron chi connectivity index (χ3n) is 4.12. The van der Waals surface area contributed by atoms with E-state index in [1.165, 1.54) is 18.5 Å². The number of rotatable bonds is 4. The molecule has 0 saturated carbocycles. The maximum Gasteiger partial charge on any atom is 0.229 e. The Hall–Kier alpha value is -2.93. The molecule has 0 radical (unpaired) electrons. The van der Waals surface area contributed by atoms with Gasteiger partial charge >= 0.3 is 0 Å². The Kier molecular flexibility index (Phi) is 4.30. The smallest absolute Gasteiger partial charge is 0.229 e. The fraction of sp³-hybridized carbons (Fsp3) is 0.167. The van der Waals surface area contributed by atoms with Gasteiger partial charge in [0.15, 0.2) is 0 Å². The second-order valence-corrected chi connectivity index (χ2v) is 6.31. The highest BCUT2D eigenvalue weighted by molar-refractivity contribution is 6.32. The normalized spacial score (nSPS) is 16.1. The molecule has 132 valence electrons. The van der Waals surface area contributed by atoms with Gasteiger partial charge in [-0.05, 0) is 35.4 Å². The summed E-state index contributed by atoms with van der Waals surface area (Å²) in [5, 5.41) is 7.25. The van der Waals surface area contributed by atoms with Crippen LogP contribution in [0.4, 0.5) is 10.3 Å². The van der Waals surface area contributed by atoms with Gasteiger partial charge in [-0.15, -0.1) is 0 Å². The van der Waals surface area contributed by atoms with Crippen LogP contribution in [-0.4, -0.2) is 20.7 Å². The standard InChI is InChI=1S/C18H14ClFN4O2/c19-14-7-12(15-8-17(25)23-18-21-10-22-24(15)18)4-5-16(14)26-9-11-2-1-3-13(20)6-11/h1-7,10,15H,8-9H2,(H,21,22,23,25)/t15-/m1/s1. The molecule has 8 heteroatoms. The molecular weight excluding hydrogens is 359 g/mol. The van der Waals surface area contributed by atoms with Crippen LogP contribution < -0.4 is 10.1 Å². The Morgan fingerprint density at radius 1 is 1.31 bits per heavy atom. The van der Waals surface area contributed by atoms with E-state index in [4.69, 9.17) is 16.3 Å². The van der Waals surface area contributed by atoms with Gasteiger partial charge in [0.25, 0.3) is 0 Å². The van der Waals surface area contributed by atoms with Crippen molar-refractivity contribution in [3.8, 4) is 5.75 Å². The van der Waals surface area contributed by atoms with Crippen LogP contribution in [0.2, 0.25) is 5.02 Å². The average molecular weight is 373 g/mol. The molecule has 1 aromatic heterocycles. The number of aromatic nitrogens is 3. The number of carbonyl (C=O) groups excluding carboxylic acids is 1. The minimum absolute atomic E-state index is 0.127. The van der Waals surface area contributed by atoms with Crippen molar-refractivity contribution in [1.82, 2.24) is 14.8 Å². The molecule has 3 aromatic rings. The van der Waals surface area contributed by atoms with Crippen LogP contribution in [0.15, 0.2) is 48.8 Å². The zero-order valence-electron chi connectivity index (χ0n) is 13.5. The first kappa shape index (κ1) is 16.5. The quantitative estimate of drug-likeness (QED) is 0.760. The number of nitrogens with one attached hydrogen (secondary N) is 1. The van der Waals surface area contributed by atoms with E-state index in [-0.39, 0.29) is 30.8 Å². The van der Waals surface area contributed by atoms with Gasteiger partial charge in [0.2, 0.25) is 11.9 Å². The third-order valence-corrected chi connectivity index (χ3v) is 4.42. The number of amides is 1. The molecule has 1 atom stereocenters. The minimum atomic E-state index is -0.313. The summed E-state index contributed by atoms with van der Waals surface area (Å²) >= 11 is 6.34. The molecule has 2 aromatic carbocycles. The molecule has 0 aliphatic carbocycles. The number of halogens is 2. The monoisotopic (exact) mass is 372 g/mol. The maximum absolute atomic E-state index is 13.2. The Morgan fingerprint density at radius 2 is 2.19 bits per heavy atom. The summed E-state index contributed by atoms with van der Waals surface area (Å²) in [6.07, 6.45) is 1.64. The predicted octanol–water partition coefficient (Wildman–Crippen LogP) is 3.58. The highest BCUT2D eigenvalue weighted by Crippen LogP contribution is 2.33. The van der Waals surface area contributed by atoms with Crippen LogP contribution in [0, 0.1) is 5.82 Å². The van der Waals surface area contributed by atoms with E-state index in [1.54, 1.807) is 28.9 Å². The molecule has 0 bridgehead atoms. The van der Waals surface area contributed by atoms with Gasteiger partial charge in [-0.25, -0.2) is 9.07 Å². The van der Waals surface area contributed by atoms with E-state index < -0.39 is 0 Å². The Bertz CT molecular complexity index is 975. The fourth-order valence-corrected chi connectivity index (χ4v) is 3.14. The third kappa shape index (κ3) is 3.25. The molecule has 6 nitrogen and oxygen atoms in total. The van der Waals surface area contributed by atoms with Gasteiger partial charge < -0.3 is 4.74 Å². The number of fused-ring (bicyclic) bond motifs is 1. The molecule has 26 heavy (non-hydrogen) atoms. The van der Waals surface area contributed by atoms with E-state index in [0.717, 1.165) is 5.56 Å². The first-order valence-electron chi connectivity index (χ1n) is 7.96. The summed E-state index contributed by atoms with van der Waals surface area (Å²) in [4.78, 5) is 15.9. The summed E-state index contributed by atoms with van der Waals surface area (Å²) in [6, 6.07) is 11.2. The van der Waals surface area contributed by atoms with E-state index in [1.807, 2.05) is 6.07 Å². The second kappa shape index (κ2) is 6.76. The lowest BCUT2D eigenvalue weighted by molar-refractivity contribution is -0.117. The number of benzene rings is 2. The van der Waals surface area contributed by atoms with E-state index in [0.29, 0.717) is 22.3 Å². The molecule has 0 fully saturated rings. The van der Waals surface area contributed by atoms with E-state index >= 15 is 0 Å². The molecule has 4 rings (SSSR count). The first-order chi connectivity index (χ1) is 12.6. The first-order valence-corrected chi connectivity index (χ1v) is 8.34. The van der Waals surface area contributed by atoms with Gasteiger partial charge in [0, 0.05) is 0 Å². The number of ether oxygens (including phenoxy) is 1. The van der Waals surface area contributed by atoms with Gasteiger partial charge in [-0.1, -0.05) is 29.8 Å². The topological polar surface area (TPSA) is 69.0 Å². The Balaban J connectivity index is 1.54. The molecular formula is C18H14ClFN4O2. The summed E-state index contributed by atoms with van der Waals surface area (Å²) in [5.74, 6) is 0.456. The van der Waals surface area contributed by atoms with Crippen molar-refractivity contribution in [2.24, 2.45) is 0 Å². The number of hydrogen-bond acceptors (Lipinski definition) is 4. The van der Waals surface area contributed by atoms with Crippen molar-refractivity contribution in [2.75, 3.05) is 5.32 Å². The van der Waals surface area contributed by atoms with Crippen molar-refractivity contribution in [1.29, 1.82) is 0 Å². The van der Waals surface area contributed by atoms with Crippen LogP contribution in [0.3, 0.4) is 0 Å². The van der Waals surface area contributed by atoms with Crippen LogP contribution in [-0.2, 0) is 11.4 Å². The van der Waals surface area contributed by atoms with Crippen molar-refractivity contribution < 1.29 is 13.9 Å². The van der Waals surface area contributed by atoms with Crippen LogP contribution in [0.1, 0.15) is 23.6 Å². The number of hydrogen-bond donors (Lipinski definition) is 1. The molecule has 1 aliphatic rings. The van der Waals surface area contributed by atoms with Crippen LogP contribution in [0.5, 0.6) is 5.75 Å². The largest absolute Gasteiger partial charge is 0.487 e. The van der Waals surface area contributed by atoms with Gasteiger partial charge in [0.05, 0.1) is 17.5 Å². The molecule has 0 saturated heterocycles. The Labute approximate surface area is 153 Å². The zero-order chi connectivity index (χ0) is 18.1. The van der Waals surface area contributed by atoms with Crippen LogP contribution >= 0.6 is 11.6 Å². The minimum Gasteiger partial charge on any atom is -0.487 e. The lowest BCUT2D eigenvalue weighted by Crippen LogP contribution is -2.29.